The van der Waals surface area contributed by atoms with E-state index in [0.717, 1.165) is 5.56 Å². The Hall–Kier alpha value is -0.550. The van der Waals surface area contributed by atoms with E-state index >= 15 is 0 Å². The molecule has 0 aromatic heterocycles. The molecule has 1 saturated heterocycles. The molecule has 1 aliphatic rings. The van der Waals surface area contributed by atoms with Crippen LogP contribution in [-0.4, -0.2) is 99.9 Å². The summed E-state index contributed by atoms with van der Waals surface area (Å²) in [6.07, 6.45) is -6.47. The molecule has 130 valence electrons. The summed E-state index contributed by atoms with van der Waals surface area (Å²) in [5.74, 6) is -1.01. The Kier molecular flexibility index (Phi) is 9.35. The van der Waals surface area contributed by atoms with Gasteiger partial charge in [0.05, 0.1) is 13.2 Å². The molecular formula is C15H21NaO8. The van der Waals surface area contributed by atoms with E-state index < -0.39 is 49.9 Å². The molecule has 4 N–H and O–H groups in total. The number of aliphatic hydroxyl groups is 4. The number of aliphatic hydroxyl groups excluding tert-OH is 4. The zero-order chi connectivity index (χ0) is 16.8. The molecule has 24 heavy (non-hydrogen) atoms. The first-order valence-electron chi connectivity index (χ1n) is 7.15. The predicted octanol–water partition coefficient (Wildman–Crippen LogP) is -2.10. The van der Waals surface area contributed by atoms with E-state index in [1.807, 2.05) is 30.3 Å². The van der Waals surface area contributed by atoms with E-state index in [2.05, 4.69) is 4.74 Å². The first-order valence-corrected chi connectivity index (χ1v) is 7.15. The van der Waals surface area contributed by atoms with Gasteiger partial charge < -0.3 is 34.6 Å². The Bertz CT molecular complexity index is 498. The summed E-state index contributed by atoms with van der Waals surface area (Å²) in [4.78, 5) is 11.1. The van der Waals surface area contributed by atoms with Crippen molar-refractivity contribution >= 4 is 35.5 Å². The number of carbonyl (C=O) groups excluding carboxylic acids is 1. The summed E-state index contributed by atoms with van der Waals surface area (Å²) in [7, 11) is 0. The molecule has 0 unspecified atom stereocenters. The molecule has 0 amide bonds. The van der Waals surface area contributed by atoms with Crippen LogP contribution in [0.1, 0.15) is 5.56 Å². The number of hydrogen-bond donors (Lipinski definition) is 4. The van der Waals surface area contributed by atoms with Crippen molar-refractivity contribution in [2.75, 3.05) is 13.2 Å². The first kappa shape index (κ1) is 21.5. The molecule has 1 aromatic carbocycles. The average molecular weight is 352 g/mol. The minimum absolute atomic E-state index is 0. The van der Waals surface area contributed by atoms with Gasteiger partial charge >= 0.3 is 35.5 Å². The second kappa shape index (κ2) is 10.4. The first-order chi connectivity index (χ1) is 11.1. The number of ether oxygens (including phenoxy) is 3. The van der Waals surface area contributed by atoms with Gasteiger partial charge in [-0.15, -0.1) is 0 Å². The summed E-state index contributed by atoms with van der Waals surface area (Å²) in [5, 5.41) is 38.2. The van der Waals surface area contributed by atoms with Gasteiger partial charge in [0.1, 0.15) is 31.0 Å². The Morgan fingerprint density at radius 2 is 1.79 bits per heavy atom. The van der Waals surface area contributed by atoms with Gasteiger partial charge in [-0.3, -0.25) is 0 Å². The van der Waals surface area contributed by atoms with Crippen molar-refractivity contribution in [1.29, 1.82) is 0 Å². The monoisotopic (exact) mass is 352 g/mol. The van der Waals surface area contributed by atoms with Crippen LogP contribution in [0, 0.1) is 0 Å². The van der Waals surface area contributed by atoms with Gasteiger partial charge in [0.15, 0.2) is 0 Å². The van der Waals surface area contributed by atoms with E-state index in [0.29, 0.717) is 0 Å². The molecule has 0 radical (unpaired) electrons. The van der Waals surface area contributed by atoms with Crippen molar-refractivity contribution < 1.29 is 39.4 Å². The van der Waals surface area contributed by atoms with E-state index in [4.69, 9.17) is 14.6 Å². The fourth-order valence-corrected chi connectivity index (χ4v) is 2.29. The number of esters is 1. The number of carbonyl (C=O) groups is 1. The van der Waals surface area contributed by atoms with Gasteiger partial charge in [0.25, 0.3) is 0 Å². The number of rotatable bonds is 6. The van der Waals surface area contributed by atoms with Gasteiger partial charge in [-0.05, 0) is 5.56 Å². The van der Waals surface area contributed by atoms with E-state index in [9.17, 15) is 20.1 Å². The number of hydrogen-bond acceptors (Lipinski definition) is 8. The third-order valence-electron chi connectivity index (χ3n) is 3.48. The van der Waals surface area contributed by atoms with Crippen LogP contribution in [0.3, 0.4) is 0 Å². The molecule has 5 atom stereocenters. The van der Waals surface area contributed by atoms with Gasteiger partial charge in [-0.1, -0.05) is 30.3 Å². The molecule has 2 rings (SSSR count). The van der Waals surface area contributed by atoms with E-state index in [-0.39, 0.29) is 36.2 Å². The molecular weight excluding hydrogens is 331 g/mol. The molecule has 1 aliphatic heterocycles. The van der Waals surface area contributed by atoms with Crippen LogP contribution in [0.15, 0.2) is 30.3 Å². The van der Waals surface area contributed by atoms with Crippen LogP contribution < -0.4 is 0 Å². The summed E-state index contributed by atoms with van der Waals surface area (Å²) in [5.41, 5.74) is 0.847. The third kappa shape index (κ3) is 5.48. The van der Waals surface area contributed by atoms with Gasteiger partial charge in [0.2, 0.25) is 6.29 Å². The van der Waals surface area contributed by atoms with Gasteiger partial charge in [-0.25, -0.2) is 4.79 Å². The average Bonchev–Trinajstić information content (AvgIpc) is 2.58. The van der Waals surface area contributed by atoms with Crippen molar-refractivity contribution in [3.8, 4) is 0 Å². The molecule has 8 nitrogen and oxygen atoms in total. The zero-order valence-corrected chi connectivity index (χ0v) is 12.3. The fraction of sp³-hybridized carbons (Fsp3) is 0.533. The maximum absolute atomic E-state index is 11.1. The van der Waals surface area contributed by atoms with Crippen molar-refractivity contribution in [2.45, 2.75) is 37.3 Å². The van der Waals surface area contributed by atoms with E-state index in [1.54, 1.807) is 0 Å². The van der Waals surface area contributed by atoms with Crippen molar-refractivity contribution in [2.24, 2.45) is 0 Å². The predicted molar refractivity (Wildman–Crippen MR) is 83.1 cm³/mol. The quantitative estimate of drug-likeness (QED) is 0.339. The summed E-state index contributed by atoms with van der Waals surface area (Å²) in [6, 6.07) is 9.16. The summed E-state index contributed by atoms with van der Waals surface area (Å²) in [6.45, 7) is -1.24. The molecule has 1 heterocycles. The van der Waals surface area contributed by atoms with Gasteiger partial charge in [-0.2, -0.15) is 0 Å². The normalized spacial score (nSPS) is 29.6. The van der Waals surface area contributed by atoms with Crippen LogP contribution >= 0.6 is 0 Å². The maximum atomic E-state index is 11.1. The third-order valence-corrected chi connectivity index (χ3v) is 3.48. The number of benzene rings is 1. The Morgan fingerprint density at radius 1 is 1.12 bits per heavy atom. The Morgan fingerprint density at radius 3 is 2.38 bits per heavy atom. The molecule has 1 fully saturated rings. The molecule has 0 bridgehead atoms. The SMILES string of the molecule is O=C(CO)O[C@@H]1O[C@H](CO)[C@@H](OCc2ccccc2)[C@H](O)[C@H]1O.[NaH]. The topological polar surface area (TPSA) is 126 Å². The van der Waals surface area contributed by atoms with Crippen molar-refractivity contribution in [1.82, 2.24) is 0 Å². The molecule has 0 spiro atoms. The molecule has 0 aliphatic carbocycles. The second-order valence-corrected chi connectivity index (χ2v) is 5.12. The Labute approximate surface area is 161 Å². The fourth-order valence-electron chi connectivity index (χ4n) is 2.29. The van der Waals surface area contributed by atoms with Crippen molar-refractivity contribution in [3.05, 3.63) is 35.9 Å². The van der Waals surface area contributed by atoms with Crippen LogP contribution in [0.4, 0.5) is 0 Å². The van der Waals surface area contributed by atoms with Crippen LogP contribution in [0.25, 0.3) is 0 Å². The molecule has 0 saturated carbocycles. The summed E-state index contributed by atoms with van der Waals surface area (Å²) >= 11 is 0. The van der Waals surface area contributed by atoms with Crippen LogP contribution in [0.2, 0.25) is 0 Å². The Balaban J connectivity index is 0.00000288. The second-order valence-electron chi connectivity index (χ2n) is 5.12. The van der Waals surface area contributed by atoms with Crippen LogP contribution in [0.5, 0.6) is 0 Å². The summed E-state index contributed by atoms with van der Waals surface area (Å²) < 4.78 is 15.5. The zero-order valence-electron chi connectivity index (χ0n) is 12.3. The standard InChI is InChI=1S/C15H20O8.Na.H/c16-6-10-14(21-8-9-4-2-1-3-5-9)12(19)13(20)15(22-10)23-11(18)7-17;;/h1-5,10,12-17,19-20H,6-8H2;;/t10-,12-,13-,14-,15+;;/m1../s1. The van der Waals surface area contributed by atoms with E-state index in [1.165, 1.54) is 0 Å². The minimum atomic E-state index is -1.56. The van der Waals surface area contributed by atoms with Crippen molar-refractivity contribution in [3.63, 3.8) is 0 Å². The van der Waals surface area contributed by atoms with Gasteiger partial charge in [0, 0.05) is 0 Å². The molecule has 1 aromatic rings. The molecule has 9 heteroatoms. The van der Waals surface area contributed by atoms with Crippen LogP contribution in [-0.2, 0) is 25.6 Å².